The van der Waals surface area contributed by atoms with Crippen molar-refractivity contribution in [2.45, 2.75) is 12.5 Å². The molecule has 0 aliphatic carbocycles. The summed E-state index contributed by atoms with van der Waals surface area (Å²) in [6.45, 7) is -0.335. The van der Waals surface area contributed by atoms with Gasteiger partial charge in [-0.2, -0.15) is 0 Å². The summed E-state index contributed by atoms with van der Waals surface area (Å²) in [4.78, 5) is 22.5. The maximum atomic E-state index is 11.7. The standard InChI is InChI=1S/C11H11Cl2NO4/c12-7-2-1-6(5-8(7)13)10(16)14-9(3-4-15)11(17)18/h1-2,5,9,15H,3-4H2,(H,14,16)(H,17,18)/t9-/m0/s1. The van der Waals surface area contributed by atoms with Crippen molar-refractivity contribution in [3.63, 3.8) is 0 Å². The number of halogens is 2. The number of carboxylic acid groups (broad SMARTS) is 1. The molecule has 0 saturated heterocycles. The summed E-state index contributed by atoms with van der Waals surface area (Å²) in [5.41, 5.74) is 0.202. The van der Waals surface area contributed by atoms with Crippen LogP contribution in [0.5, 0.6) is 0 Å². The average molecular weight is 292 g/mol. The van der Waals surface area contributed by atoms with E-state index in [4.69, 9.17) is 33.4 Å². The van der Waals surface area contributed by atoms with Gasteiger partial charge >= 0.3 is 5.97 Å². The van der Waals surface area contributed by atoms with Crippen molar-refractivity contribution in [2.24, 2.45) is 0 Å². The van der Waals surface area contributed by atoms with Gasteiger partial charge in [-0.15, -0.1) is 0 Å². The second kappa shape index (κ2) is 6.58. The molecule has 98 valence electrons. The monoisotopic (exact) mass is 291 g/mol. The normalized spacial score (nSPS) is 11.9. The minimum Gasteiger partial charge on any atom is -0.480 e. The maximum Gasteiger partial charge on any atom is 0.326 e. The predicted octanol–water partition coefficient (Wildman–Crippen LogP) is 1.56. The lowest BCUT2D eigenvalue weighted by Crippen LogP contribution is -2.41. The molecule has 0 fully saturated rings. The number of benzene rings is 1. The van der Waals surface area contributed by atoms with E-state index in [9.17, 15) is 9.59 Å². The third kappa shape index (κ3) is 3.87. The summed E-state index contributed by atoms with van der Waals surface area (Å²) in [5.74, 6) is -1.80. The van der Waals surface area contributed by atoms with Crippen LogP contribution in [0.1, 0.15) is 16.8 Å². The Balaban J connectivity index is 2.80. The largest absolute Gasteiger partial charge is 0.480 e. The molecule has 0 spiro atoms. The Morgan fingerprint density at radius 2 is 1.94 bits per heavy atom. The van der Waals surface area contributed by atoms with Gasteiger partial charge in [0, 0.05) is 18.6 Å². The summed E-state index contributed by atoms with van der Waals surface area (Å²) in [5, 5.41) is 20.3. The summed E-state index contributed by atoms with van der Waals surface area (Å²) >= 11 is 11.5. The van der Waals surface area contributed by atoms with Crippen LogP contribution in [0.2, 0.25) is 10.0 Å². The molecule has 1 amide bonds. The van der Waals surface area contributed by atoms with Gasteiger partial charge in [0.2, 0.25) is 0 Å². The van der Waals surface area contributed by atoms with Crippen molar-refractivity contribution >= 4 is 35.1 Å². The highest BCUT2D eigenvalue weighted by atomic mass is 35.5. The number of amides is 1. The molecule has 18 heavy (non-hydrogen) atoms. The van der Waals surface area contributed by atoms with Crippen molar-refractivity contribution in [3.8, 4) is 0 Å². The van der Waals surface area contributed by atoms with E-state index in [0.717, 1.165) is 0 Å². The number of nitrogens with one attached hydrogen (secondary N) is 1. The summed E-state index contributed by atoms with van der Waals surface area (Å²) < 4.78 is 0. The number of aliphatic carboxylic acids is 1. The summed E-state index contributed by atoms with van der Waals surface area (Å²) in [6.07, 6.45) is -0.0671. The number of hydrogen-bond donors (Lipinski definition) is 3. The molecule has 0 radical (unpaired) electrons. The Morgan fingerprint density at radius 1 is 1.28 bits per heavy atom. The van der Waals surface area contributed by atoms with E-state index >= 15 is 0 Å². The molecule has 0 saturated carbocycles. The lowest BCUT2D eigenvalue weighted by Gasteiger charge is -2.13. The van der Waals surface area contributed by atoms with Gasteiger partial charge in [-0.1, -0.05) is 23.2 Å². The van der Waals surface area contributed by atoms with Crippen LogP contribution >= 0.6 is 23.2 Å². The molecular weight excluding hydrogens is 281 g/mol. The third-order valence-corrected chi connectivity index (χ3v) is 2.94. The topological polar surface area (TPSA) is 86.6 Å². The fourth-order valence-electron chi connectivity index (χ4n) is 1.27. The average Bonchev–Trinajstić information content (AvgIpc) is 2.31. The lowest BCUT2D eigenvalue weighted by atomic mass is 10.1. The minimum atomic E-state index is -1.21. The molecule has 0 aliphatic rings. The summed E-state index contributed by atoms with van der Waals surface area (Å²) in [7, 11) is 0. The molecule has 3 N–H and O–H groups in total. The van der Waals surface area contributed by atoms with Crippen LogP contribution in [0.25, 0.3) is 0 Å². The Kier molecular flexibility index (Phi) is 5.40. The van der Waals surface area contributed by atoms with E-state index in [1.807, 2.05) is 0 Å². The number of aliphatic hydroxyl groups is 1. The number of carboxylic acids is 1. The van der Waals surface area contributed by atoms with Crippen molar-refractivity contribution in [3.05, 3.63) is 33.8 Å². The van der Waals surface area contributed by atoms with Crippen LogP contribution in [0.3, 0.4) is 0 Å². The van der Waals surface area contributed by atoms with Crippen LogP contribution in [0.15, 0.2) is 18.2 Å². The fourth-order valence-corrected chi connectivity index (χ4v) is 1.56. The molecular formula is C11H11Cl2NO4. The van der Waals surface area contributed by atoms with Crippen LogP contribution in [0.4, 0.5) is 0 Å². The molecule has 1 aromatic rings. The Labute approximate surface area is 113 Å². The predicted molar refractivity (Wildman–Crippen MR) is 67.1 cm³/mol. The number of aliphatic hydroxyl groups excluding tert-OH is 1. The number of hydrogen-bond acceptors (Lipinski definition) is 3. The van der Waals surface area contributed by atoms with E-state index in [1.165, 1.54) is 18.2 Å². The number of rotatable bonds is 5. The first-order valence-corrected chi connectivity index (χ1v) is 5.81. The van der Waals surface area contributed by atoms with E-state index < -0.39 is 17.9 Å². The highest BCUT2D eigenvalue weighted by molar-refractivity contribution is 6.42. The van der Waals surface area contributed by atoms with E-state index in [2.05, 4.69) is 5.32 Å². The molecule has 1 atom stereocenters. The molecule has 1 rings (SSSR count). The quantitative estimate of drug-likeness (QED) is 0.768. The SMILES string of the molecule is O=C(N[C@@H](CCO)C(=O)O)c1ccc(Cl)c(Cl)c1. The van der Waals surface area contributed by atoms with Gasteiger partial charge in [0.1, 0.15) is 6.04 Å². The van der Waals surface area contributed by atoms with Crippen LogP contribution in [-0.2, 0) is 4.79 Å². The van der Waals surface area contributed by atoms with Crippen molar-refractivity contribution in [2.75, 3.05) is 6.61 Å². The molecule has 0 unspecified atom stereocenters. The highest BCUT2D eigenvalue weighted by Crippen LogP contribution is 2.22. The van der Waals surface area contributed by atoms with Gasteiger partial charge in [-0.25, -0.2) is 4.79 Å². The van der Waals surface area contributed by atoms with Crippen LogP contribution < -0.4 is 5.32 Å². The first kappa shape index (κ1) is 14.8. The van der Waals surface area contributed by atoms with Gasteiger partial charge in [0.05, 0.1) is 10.0 Å². The zero-order valence-corrected chi connectivity index (χ0v) is 10.7. The molecule has 5 nitrogen and oxygen atoms in total. The second-order valence-corrected chi connectivity index (χ2v) is 4.32. The first-order valence-electron chi connectivity index (χ1n) is 5.05. The van der Waals surface area contributed by atoms with Gasteiger partial charge in [-0.3, -0.25) is 4.79 Å². The van der Waals surface area contributed by atoms with Crippen LogP contribution in [0, 0.1) is 0 Å². The molecule has 1 aromatic carbocycles. The molecule has 7 heteroatoms. The van der Waals surface area contributed by atoms with Gasteiger partial charge in [-0.05, 0) is 18.2 Å². The van der Waals surface area contributed by atoms with Crippen molar-refractivity contribution < 1.29 is 19.8 Å². The van der Waals surface area contributed by atoms with Gasteiger partial charge < -0.3 is 15.5 Å². The lowest BCUT2D eigenvalue weighted by molar-refractivity contribution is -0.139. The zero-order chi connectivity index (χ0) is 13.7. The Hall–Kier alpha value is -1.30. The number of carbonyl (C=O) groups excluding carboxylic acids is 1. The van der Waals surface area contributed by atoms with E-state index in [1.54, 1.807) is 0 Å². The molecule has 0 heterocycles. The summed E-state index contributed by atoms with van der Waals surface area (Å²) in [6, 6.07) is 3.08. The van der Waals surface area contributed by atoms with Crippen LogP contribution in [-0.4, -0.2) is 34.7 Å². The number of carbonyl (C=O) groups is 2. The van der Waals surface area contributed by atoms with Gasteiger partial charge in [0.25, 0.3) is 5.91 Å². The Morgan fingerprint density at radius 3 is 2.44 bits per heavy atom. The second-order valence-electron chi connectivity index (χ2n) is 3.51. The molecule has 0 bridgehead atoms. The third-order valence-electron chi connectivity index (χ3n) is 2.20. The first-order chi connectivity index (χ1) is 8.45. The van der Waals surface area contributed by atoms with Gasteiger partial charge in [0.15, 0.2) is 0 Å². The fraction of sp³-hybridized carbons (Fsp3) is 0.273. The van der Waals surface area contributed by atoms with E-state index in [-0.39, 0.29) is 23.6 Å². The molecule has 0 aliphatic heterocycles. The smallest absolute Gasteiger partial charge is 0.326 e. The van der Waals surface area contributed by atoms with Crippen molar-refractivity contribution in [1.82, 2.24) is 5.32 Å². The zero-order valence-electron chi connectivity index (χ0n) is 9.19. The minimum absolute atomic E-state index is 0.0671. The molecule has 0 aromatic heterocycles. The Bertz CT molecular complexity index is 464. The van der Waals surface area contributed by atoms with Crippen molar-refractivity contribution in [1.29, 1.82) is 0 Å². The maximum absolute atomic E-state index is 11.7. The van der Waals surface area contributed by atoms with E-state index in [0.29, 0.717) is 5.02 Å². The highest BCUT2D eigenvalue weighted by Gasteiger charge is 2.20.